The first-order chi connectivity index (χ1) is 22.8. The van der Waals surface area contributed by atoms with Crippen molar-refractivity contribution in [2.45, 2.75) is 69.2 Å². The van der Waals surface area contributed by atoms with Crippen LogP contribution in [0.3, 0.4) is 0 Å². The molecular weight excluding hydrogens is 643 g/mol. The van der Waals surface area contributed by atoms with Crippen LogP contribution >= 0.6 is 23.2 Å². The zero-order chi connectivity index (χ0) is 32.7. The van der Waals surface area contributed by atoms with Gasteiger partial charge in [0.05, 0.1) is 42.5 Å². The van der Waals surface area contributed by atoms with Crippen LogP contribution in [0.25, 0.3) is 22.4 Å². The van der Waals surface area contributed by atoms with E-state index >= 15 is 0 Å². The molecule has 2 atom stereocenters. The van der Waals surface area contributed by atoms with Crippen molar-refractivity contribution in [3.63, 3.8) is 0 Å². The van der Waals surface area contributed by atoms with Gasteiger partial charge in [0.1, 0.15) is 11.5 Å². The van der Waals surface area contributed by atoms with Crippen LogP contribution in [0.5, 0.6) is 5.88 Å². The van der Waals surface area contributed by atoms with E-state index < -0.39 is 5.97 Å². The van der Waals surface area contributed by atoms with E-state index in [1.807, 2.05) is 11.0 Å². The SMILES string of the molecule is COC(=O)c1ccc(NC(=O)N2C3CCC2CC(OCc2c(-c4c(Cl)cccc4Cl)noc2C2CC2)C3)cc1-c1ccc(OC)nc1. The third-order valence-electron chi connectivity index (χ3n) is 9.29. The van der Waals surface area contributed by atoms with Crippen LogP contribution in [0, 0.1) is 0 Å². The molecule has 1 saturated carbocycles. The Balaban J connectivity index is 1.05. The fourth-order valence-electron chi connectivity index (χ4n) is 6.84. The van der Waals surface area contributed by atoms with E-state index in [4.69, 9.17) is 41.9 Å². The normalized spacial score (nSPS) is 20.3. The lowest BCUT2D eigenvalue weighted by Crippen LogP contribution is -2.50. The second-order valence-corrected chi connectivity index (χ2v) is 13.0. The minimum absolute atomic E-state index is 0.0263. The third kappa shape index (κ3) is 6.29. The number of hydrogen-bond acceptors (Lipinski definition) is 8. The van der Waals surface area contributed by atoms with E-state index in [1.54, 1.807) is 48.7 Å². The number of nitrogens with zero attached hydrogens (tertiary/aromatic N) is 3. The maximum atomic E-state index is 13.7. The van der Waals surface area contributed by atoms with E-state index in [0.717, 1.165) is 49.8 Å². The number of rotatable bonds is 9. The molecule has 3 aliphatic rings. The van der Waals surface area contributed by atoms with E-state index in [2.05, 4.69) is 15.5 Å². The van der Waals surface area contributed by atoms with Crippen molar-refractivity contribution in [3.05, 3.63) is 81.7 Å². The Morgan fingerprint density at radius 1 is 1.00 bits per heavy atom. The summed E-state index contributed by atoms with van der Waals surface area (Å²) in [5.41, 5.74) is 4.40. The molecule has 1 aliphatic carbocycles. The van der Waals surface area contributed by atoms with E-state index in [1.165, 1.54) is 14.2 Å². The zero-order valence-electron chi connectivity index (χ0n) is 26.0. The summed E-state index contributed by atoms with van der Waals surface area (Å²) in [5.74, 6) is 1.15. The van der Waals surface area contributed by atoms with Crippen LogP contribution in [-0.4, -0.2) is 59.4 Å². The predicted octanol–water partition coefficient (Wildman–Crippen LogP) is 8.13. The first-order valence-electron chi connectivity index (χ1n) is 15.7. The number of carbonyl (C=O) groups is 2. The number of nitrogens with one attached hydrogen (secondary N) is 1. The van der Waals surface area contributed by atoms with Gasteiger partial charge in [-0.25, -0.2) is 14.6 Å². The number of ether oxygens (including phenoxy) is 3. The van der Waals surface area contributed by atoms with Crippen LogP contribution in [0.15, 0.2) is 59.3 Å². The highest BCUT2D eigenvalue weighted by atomic mass is 35.5. The number of pyridine rings is 1. The Morgan fingerprint density at radius 2 is 1.74 bits per heavy atom. The van der Waals surface area contributed by atoms with Gasteiger partial charge in [-0.2, -0.15) is 0 Å². The number of anilines is 1. The molecule has 4 heterocycles. The molecule has 47 heavy (non-hydrogen) atoms. The molecule has 7 rings (SSSR count). The summed E-state index contributed by atoms with van der Waals surface area (Å²) in [7, 11) is 2.87. The molecule has 3 fully saturated rings. The van der Waals surface area contributed by atoms with Gasteiger partial charge in [-0.05, 0) is 80.5 Å². The van der Waals surface area contributed by atoms with Crippen LogP contribution < -0.4 is 10.1 Å². The van der Waals surface area contributed by atoms with Gasteiger partial charge in [-0.1, -0.05) is 34.4 Å². The molecule has 0 radical (unpaired) electrons. The number of esters is 1. The van der Waals surface area contributed by atoms with Crippen molar-refractivity contribution in [2.24, 2.45) is 0 Å². The fourth-order valence-corrected chi connectivity index (χ4v) is 7.42. The van der Waals surface area contributed by atoms with Crippen molar-refractivity contribution in [1.82, 2.24) is 15.0 Å². The quantitative estimate of drug-likeness (QED) is 0.177. The van der Waals surface area contributed by atoms with Crippen molar-refractivity contribution < 1.29 is 28.3 Å². The van der Waals surface area contributed by atoms with Gasteiger partial charge in [0, 0.05) is 52.6 Å². The van der Waals surface area contributed by atoms with Crippen molar-refractivity contribution in [2.75, 3.05) is 19.5 Å². The number of halogens is 2. The lowest BCUT2D eigenvalue weighted by molar-refractivity contribution is -0.0158. The van der Waals surface area contributed by atoms with Crippen molar-refractivity contribution in [3.8, 4) is 28.3 Å². The molecule has 2 aliphatic heterocycles. The molecular formula is C35H34Cl2N4O6. The molecule has 244 valence electrons. The fraction of sp³-hybridized carbons (Fsp3) is 0.371. The smallest absolute Gasteiger partial charge is 0.338 e. The first-order valence-corrected chi connectivity index (χ1v) is 16.5. The highest BCUT2D eigenvalue weighted by molar-refractivity contribution is 6.39. The van der Waals surface area contributed by atoms with Gasteiger partial charge in [0.25, 0.3) is 0 Å². The van der Waals surface area contributed by atoms with Gasteiger partial charge in [-0.15, -0.1) is 0 Å². The molecule has 2 saturated heterocycles. The van der Waals surface area contributed by atoms with Gasteiger partial charge < -0.3 is 29.0 Å². The second-order valence-electron chi connectivity index (χ2n) is 12.2. The van der Waals surface area contributed by atoms with E-state index in [0.29, 0.717) is 62.1 Å². The minimum Gasteiger partial charge on any atom is -0.481 e. The Labute approximate surface area is 282 Å². The zero-order valence-corrected chi connectivity index (χ0v) is 27.5. The van der Waals surface area contributed by atoms with Crippen LogP contribution in [0.4, 0.5) is 10.5 Å². The second kappa shape index (κ2) is 13.2. The summed E-state index contributed by atoms with van der Waals surface area (Å²) in [4.78, 5) is 32.5. The topological polar surface area (TPSA) is 116 Å². The standard InChI is InChI=1S/C35H34Cl2N4O6/c1-44-30-13-8-20(17-38-30)26-14-21(9-12-25(26)34(42)45-2)39-35(43)41-22-10-11-23(41)16-24(15-22)46-18-27-32(40-47-33(27)19-6-7-19)31-28(36)4-3-5-29(31)37/h3-5,8-9,12-14,17,19,22-24H,6-7,10-11,15-16,18H2,1-2H3,(H,39,43). The summed E-state index contributed by atoms with van der Waals surface area (Å²) >= 11 is 13.1. The summed E-state index contributed by atoms with van der Waals surface area (Å²) in [5, 5.41) is 8.48. The molecule has 2 bridgehead atoms. The molecule has 2 unspecified atom stereocenters. The van der Waals surface area contributed by atoms with Gasteiger partial charge in [-0.3, -0.25) is 0 Å². The summed E-state index contributed by atoms with van der Waals surface area (Å²) in [6.45, 7) is 0.331. The summed E-state index contributed by atoms with van der Waals surface area (Å²) < 4.78 is 22.5. The first kappa shape index (κ1) is 31.5. The lowest BCUT2D eigenvalue weighted by Gasteiger charge is -2.38. The van der Waals surface area contributed by atoms with Crippen LogP contribution in [0.1, 0.15) is 66.1 Å². The maximum absolute atomic E-state index is 13.7. The summed E-state index contributed by atoms with van der Waals surface area (Å²) in [6, 6.07) is 14.0. The Morgan fingerprint density at radius 3 is 2.38 bits per heavy atom. The molecule has 10 nitrogen and oxygen atoms in total. The minimum atomic E-state index is -0.480. The molecule has 2 amide bonds. The van der Waals surface area contributed by atoms with Gasteiger partial charge in [0.2, 0.25) is 5.88 Å². The molecule has 1 N–H and O–H groups in total. The lowest BCUT2D eigenvalue weighted by atomic mass is 9.99. The number of benzene rings is 2. The van der Waals surface area contributed by atoms with E-state index in [-0.39, 0.29) is 24.2 Å². The number of piperidine rings is 1. The monoisotopic (exact) mass is 676 g/mol. The average Bonchev–Trinajstić information content (AvgIpc) is 3.79. The van der Waals surface area contributed by atoms with Crippen LogP contribution in [-0.2, 0) is 16.1 Å². The number of amides is 2. The number of methoxy groups -OCH3 is 2. The maximum Gasteiger partial charge on any atom is 0.338 e. The average molecular weight is 678 g/mol. The highest BCUT2D eigenvalue weighted by Gasteiger charge is 2.44. The molecule has 4 aromatic rings. The Hall–Kier alpha value is -4.12. The Kier molecular flexibility index (Phi) is 8.83. The van der Waals surface area contributed by atoms with Crippen molar-refractivity contribution >= 4 is 40.9 Å². The van der Waals surface area contributed by atoms with Gasteiger partial charge >= 0.3 is 12.0 Å². The van der Waals surface area contributed by atoms with Crippen LogP contribution in [0.2, 0.25) is 10.0 Å². The molecule has 0 spiro atoms. The predicted molar refractivity (Wildman–Crippen MR) is 177 cm³/mol. The molecule has 2 aromatic carbocycles. The third-order valence-corrected chi connectivity index (χ3v) is 9.92. The molecule has 2 aromatic heterocycles. The van der Waals surface area contributed by atoms with Crippen molar-refractivity contribution in [1.29, 1.82) is 0 Å². The summed E-state index contributed by atoms with van der Waals surface area (Å²) in [6.07, 6.45) is 6.96. The number of fused-ring (bicyclic) bond motifs is 2. The number of hydrogen-bond donors (Lipinski definition) is 1. The van der Waals surface area contributed by atoms with E-state index in [9.17, 15) is 9.59 Å². The number of aromatic nitrogens is 2. The Bertz CT molecular complexity index is 1770. The number of carbonyl (C=O) groups excluding carboxylic acids is 2. The highest BCUT2D eigenvalue weighted by Crippen LogP contribution is 2.46. The largest absolute Gasteiger partial charge is 0.481 e. The number of urea groups is 1. The van der Waals surface area contributed by atoms with Gasteiger partial charge in [0.15, 0.2) is 0 Å². The molecule has 12 heteroatoms.